The second kappa shape index (κ2) is 9.37. The van der Waals surface area contributed by atoms with Crippen molar-refractivity contribution in [3.63, 3.8) is 0 Å². The summed E-state index contributed by atoms with van der Waals surface area (Å²) in [5.41, 5.74) is 6.76. The highest BCUT2D eigenvalue weighted by Gasteiger charge is 2.16. The molecule has 0 saturated heterocycles. The number of methoxy groups -OCH3 is 1. The molecule has 1 amide bonds. The number of hydrogen-bond acceptors (Lipinski definition) is 5. The second-order valence-corrected chi connectivity index (χ2v) is 6.12. The summed E-state index contributed by atoms with van der Waals surface area (Å²) >= 11 is 0. The molecule has 130 valence electrons. The summed E-state index contributed by atoms with van der Waals surface area (Å²) in [6.07, 6.45) is 0. The lowest BCUT2D eigenvalue weighted by Crippen LogP contribution is -2.43. The van der Waals surface area contributed by atoms with E-state index in [0.717, 1.165) is 12.1 Å². The Bertz CT molecular complexity index is 504. The van der Waals surface area contributed by atoms with E-state index < -0.39 is 6.04 Å². The molecule has 0 heterocycles. The Morgan fingerprint density at radius 3 is 2.57 bits per heavy atom. The van der Waals surface area contributed by atoms with E-state index in [1.807, 2.05) is 51.0 Å². The van der Waals surface area contributed by atoms with Crippen LogP contribution in [0.1, 0.15) is 19.4 Å². The topological polar surface area (TPSA) is 76.8 Å². The Morgan fingerprint density at radius 2 is 2.00 bits per heavy atom. The zero-order valence-electron chi connectivity index (χ0n) is 14.8. The van der Waals surface area contributed by atoms with Crippen molar-refractivity contribution in [1.82, 2.24) is 10.2 Å². The van der Waals surface area contributed by atoms with Gasteiger partial charge >= 0.3 is 0 Å². The molecule has 0 aromatic heterocycles. The van der Waals surface area contributed by atoms with Crippen LogP contribution < -0.4 is 20.5 Å². The Hall–Kier alpha value is -1.79. The third kappa shape index (κ3) is 6.46. The molecule has 0 bridgehead atoms. The first-order chi connectivity index (χ1) is 10.8. The number of hydrogen-bond donors (Lipinski definition) is 2. The molecule has 0 spiro atoms. The molecule has 0 unspecified atom stereocenters. The lowest BCUT2D eigenvalue weighted by Gasteiger charge is -2.16. The summed E-state index contributed by atoms with van der Waals surface area (Å²) in [4.78, 5) is 13.9. The van der Waals surface area contributed by atoms with Crippen LogP contribution in [0.4, 0.5) is 0 Å². The van der Waals surface area contributed by atoms with E-state index in [-0.39, 0.29) is 11.8 Å². The van der Waals surface area contributed by atoms with Gasteiger partial charge in [-0.25, -0.2) is 0 Å². The summed E-state index contributed by atoms with van der Waals surface area (Å²) in [5.74, 6) is 1.31. The Balaban J connectivity index is 2.63. The molecule has 0 fully saturated rings. The SMILES string of the molecule is COc1cc(CNC(=O)[C@@H](N)C(C)C)ccc1OCCN(C)C. The van der Waals surface area contributed by atoms with Crippen LogP contribution in [-0.2, 0) is 11.3 Å². The first-order valence-electron chi connectivity index (χ1n) is 7.83. The largest absolute Gasteiger partial charge is 0.493 e. The van der Waals surface area contributed by atoms with Crippen molar-refractivity contribution in [3.8, 4) is 11.5 Å². The fourth-order valence-electron chi connectivity index (χ4n) is 1.89. The minimum absolute atomic E-state index is 0.108. The van der Waals surface area contributed by atoms with Crippen LogP contribution in [-0.4, -0.2) is 51.2 Å². The maximum absolute atomic E-state index is 11.9. The Morgan fingerprint density at radius 1 is 1.30 bits per heavy atom. The fraction of sp³-hybridized carbons (Fsp3) is 0.588. The van der Waals surface area contributed by atoms with Gasteiger partial charge in [-0.1, -0.05) is 19.9 Å². The fourth-order valence-corrected chi connectivity index (χ4v) is 1.89. The molecular formula is C17H29N3O3. The van der Waals surface area contributed by atoms with Crippen molar-refractivity contribution in [2.45, 2.75) is 26.4 Å². The van der Waals surface area contributed by atoms with Crippen molar-refractivity contribution >= 4 is 5.91 Å². The molecule has 0 aliphatic carbocycles. The average Bonchev–Trinajstić information content (AvgIpc) is 2.52. The molecule has 0 aliphatic heterocycles. The van der Waals surface area contributed by atoms with E-state index in [1.54, 1.807) is 7.11 Å². The van der Waals surface area contributed by atoms with E-state index in [9.17, 15) is 4.79 Å². The lowest BCUT2D eigenvalue weighted by molar-refractivity contribution is -0.123. The predicted octanol–water partition coefficient (Wildman–Crippen LogP) is 1.24. The quantitative estimate of drug-likeness (QED) is 0.715. The number of rotatable bonds is 9. The number of carbonyl (C=O) groups is 1. The molecule has 3 N–H and O–H groups in total. The van der Waals surface area contributed by atoms with Crippen molar-refractivity contribution in [2.75, 3.05) is 34.4 Å². The summed E-state index contributed by atoms with van der Waals surface area (Å²) in [6, 6.07) is 5.14. The lowest BCUT2D eigenvalue weighted by atomic mass is 10.0. The van der Waals surface area contributed by atoms with Crippen molar-refractivity contribution < 1.29 is 14.3 Å². The number of nitrogens with two attached hydrogens (primary N) is 1. The van der Waals surface area contributed by atoms with E-state index in [4.69, 9.17) is 15.2 Å². The van der Waals surface area contributed by atoms with Crippen molar-refractivity contribution in [1.29, 1.82) is 0 Å². The van der Waals surface area contributed by atoms with Gasteiger partial charge in [0.05, 0.1) is 13.2 Å². The number of nitrogens with one attached hydrogen (secondary N) is 1. The van der Waals surface area contributed by atoms with Crippen LogP contribution in [0.2, 0.25) is 0 Å². The molecule has 6 nitrogen and oxygen atoms in total. The van der Waals surface area contributed by atoms with Gasteiger partial charge in [-0.15, -0.1) is 0 Å². The van der Waals surface area contributed by atoms with Gasteiger partial charge in [0.15, 0.2) is 11.5 Å². The Kier molecular flexibility index (Phi) is 7.85. The molecule has 0 saturated carbocycles. The van der Waals surface area contributed by atoms with E-state index >= 15 is 0 Å². The predicted molar refractivity (Wildman–Crippen MR) is 91.7 cm³/mol. The first kappa shape index (κ1) is 19.3. The molecule has 23 heavy (non-hydrogen) atoms. The number of ether oxygens (including phenoxy) is 2. The van der Waals surface area contributed by atoms with Crippen LogP contribution in [0.3, 0.4) is 0 Å². The van der Waals surface area contributed by atoms with Crippen LogP contribution in [0.5, 0.6) is 11.5 Å². The van der Waals surface area contributed by atoms with Crippen LogP contribution in [0.25, 0.3) is 0 Å². The molecule has 0 aliphatic rings. The summed E-state index contributed by atoms with van der Waals surface area (Å²) < 4.78 is 11.1. The van der Waals surface area contributed by atoms with Crippen LogP contribution >= 0.6 is 0 Å². The van der Waals surface area contributed by atoms with Gasteiger partial charge in [0, 0.05) is 13.1 Å². The number of benzene rings is 1. The van der Waals surface area contributed by atoms with Gasteiger partial charge in [-0.05, 0) is 37.7 Å². The molecular weight excluding hydrogens is 294 g/mol. The highest BCUT2D eigenvalue weighted by molar-refractivity contribution is 5.81. The molecule has 1 aromatic rings. The van der Waals surface area contributed by atoms with E-state index in [1.165, 1.54) is 0 Å². The number of likely N-dealkylation sites (N-methyl/N-ethyl adjacent to an activating group) is 1. The van der Waals surface area contributed by atoms with E-state index in [2.05, 4.69) is 5.32 Å². The zero-order valence-corrected chi connectivity index (χ0v) is 14.8. The highest BCUT2D eigenvalue weighted by Crippen LogP contribution is 2.28. The third-order valence-corrected chi connectivity index (χ3v) is 3.51. The van der Waals surface area contributed by atoms with E-state index in [0.29, 0.717) is 24.7 Å². The minimum atomic E-state index is -0.495. The minimum Gasteiger partial charge on any atom is -0.493 e. The molecule has 1 atom stereocenters. The number of amides is 1. The maximum Gasteiger partial charge on any atom is 0.237 e. The Labute approximate surface area is 138 Å². The molecule has 1 aromatic carbocycles. The van der Waals surface area contributed by atoms with Crippen LogP contribution in [0.15, 0.2) is 18.2 Å². The smallest absolute Gasteiger partial charge is 0.237 e. The second-order valence-electron chi connectivity index (χ2n) is 6.12. The molecule has 1 rings (SSSR count). The third-order valence-electron chi connectivity index (χ3n) is 3.51. The highest BCUT2D eigenvalue weighted by atomic mass is 16.5. The summed E-state index contributed by atoms with van der Waals surface area (Å²) in [7, 11) is 5.59. The van der Waals surface area contributed by atoms with Gasteiger partial charge in [-0.3, -0.25) is 4.79 Å². The first-order valence-corrected chi connectivity index (χ1v) is 7.83. The maximum atomic E-state index is 11.9. The van der Waals surface area contributed by atoms with Crippen LogP contribution in [0, 0.1) is 5.92 Å². The molecule has 6 heteroatoms. The average molecular weight is 323 g/mol. The van der Waals surface area contributed by atoms with Crippen molar-refractivity contribution in [2.24, 2.45) is 11.7 Å². The standard InChI is InChI=1S/C17H29N3O3/c1-12(2)16(18)17(21)19-11-13-6-7-14(15(10-13)22-5)23-9-8-20(3)4/h6-7,10,12,16H,8-9,11,18H2,1-5H3,(H,19,21)/t16-/m0/s1. The van der Waals surface area contributed by atoms with Gasteiger partial charge < -0.3 is 25.4 Å². The van der Waals surface area contributed by atoms with Gasteiger partial charge in [-0.2, -0.15) is 0 Å². The van der Waals surface area contributed by atoms with Gasteiger partial charge in [0.25, 0.3) is 0 Å². The summed E-state index contributed by atoms with van der Waals surface area (Å²) in [5, 5.41) is 2.84. The van der Waals surface area contributed by atoms with Gasteiger partial charge in [0.2, 0.25) is 5.91 Å². The summed E-state index contributed by atoms with van der Waals surface area (Å²) in [6.45, 7) is 5.67. The zero-order chi connectivity index (χ0) is 17.4. The normalized spacial score (nSPS) is 12.3. The van der Waals surface area contributed by atoms with Gasteiger partial charge in [0.1, 0.15) is 6.61 Å². The monoisotopic (exact) mass is 323 g/mol. The number of nitrogens with zero attached hydrogens (tertiary/aromatic N) is 1. The number of carbonyl (C=O) groups excluding carboxylic acids is 1. The van der Waals surface area contributed by atoms with Crippen molar-refractivity contribution in [3.05, 3.63) is 23.8 Å². The molecule has 0 radical (unpaired) electrons.